The topological polar surface area (TPSA) is 92.3 Å². The molecule has 0 radical (unpaired) electrons. The van der Waals surface area contributed by atoms with Gasteiger partial charge in [0, 0.05) is 29.8 Å². The van der Waals surface area contributed by atoms with E-state index in [0.29, 0.717) is 24.3 Å². The number of amides is 1. The summed E-state index contributed by atoms with van der Waals surface area (Å²) in [5.74, 6) is -1.73. The second-order valence-electron chi connectivity index (χ2n) is 8.67. The lowest BCUT2D eigenvalue weighted by Crippen LogP contribution is -2.32. The highest BCUT2D eigenvalue weighted by atomic mass is 32.2. The maximum atomic E-state index is 14.5. The zero-order chi connectivity index (χ0) is 23.1. The monoisotopic (exact) mass is 462 g/mol. The van der Waals surface area contributed by atoms with Crippen molar-refractivity contribution in [3.05, 3.63) is 65.0 Å². The van der Waals surface area contributed by atoms with Crippen LogP contribution in [0.5, 0.6) is 0 Å². The highest BCUT2D eigenvalue weighted by Gasteiger charge is 2.53. The van der Waals surface area contributed by atoms with E-state index in [1.54, 1.807) is 13.0 Å². The minimum atomic E-state index is -3.29. The zero-order valence-electron chi connectivity index (χ0n) is 17.8. The van der Waals surface area contributed by atoms with Crippen LogP contribution in [0.3, 0.4) is 0 Å². The molecule has 32 heavy (non-hydrogen) atoms. The van der Waals surface area contributed by atoms with Crippen LogP contribution in [0.2, 0.25) is 0 Å². The highest BCUT2D eigenvalue weighted by molar-refractivity contribution is 7.93. The molecule has 7 nitrogen and oxygen atoms in total. The molecule has 4 rings (SSSR count). The maximum absolute atomic E-state index is 14.5. The second kappa shape index (κ2) is 8.23. The highest BCUT2D eigenvalue weighted by Crippen LogP contribution is 2.59. The predicted octanol–water partition coefficient (Wildman–Crippen LogP) is 3.16. The number of benzene rings is 1. The van der Waals surface area contributed by atoms with Gasteiger partial charge in [-0.05, 0) is 37.7 Å². The number of hydrogen-bond donors (Lipinski definition) is 1. The van der Waals surface area contributed by atoms with Gasteiger partial charge in [0.1, 0.15) is 11.5 Å². The number of aromatic nitrogens is 2. The number of sulfone groups is 1. The first kappa shape index (κ1) is 22.3. The van der Waals surface area contributed by atoms with E-state index in [4.69, 9.17) is 0 Å². The molecule has 2 fully saturated rings. The lowest BCUT2D eigenvalue weighted by Gasteiger charge is -2.26. The summed E-state index contributed by atoms with van der Waals surface area (Å²) in [5.41, 5.74) is 0.453. The minimum absolute atomic E-state index is 0.0715. The smallest absolute Gasteiger partial charge is 0.271 e. The van der Waals surface area contributed by atoms with E-state index < -0.39 is 33.4 Å². The molecule has 0 unspecified atom stereocenters. The van der Waals surface area contributed by atoms with Crippen molar-refractivity contribution in [2.45, 2.75) is 38.3 Å². The van der Waals surface area contributed by atoms with Crippen molar-refractivity contribution >= 4 is 21.6 Å². The van der Waals surface area contributed by atoms with E-state index in [1.807, 2.05) is 4.90 Å². The Kier molecular flexibility index (Phi) is 5.74. The summed E-state index contributed by atoms with van der Waals surface area (Å²) in [4.78, 5) is 22.9. The molecular weight excluding hydrogens is 438 g/mol. The molecule has 1 aliphatic heterocycles. The fraction of sp³-hybridized carbons (Fsp3) is 0.409. The van der Waals surface area contributed by atoms with Crippen LogP contribution in [0.15, 0.2) is 42.1 Å². The van der Waals surface area contributed by atoms with Crippen LogP contribution in [0.4, 0.5) is 14.6 Å². The van der Waals surface area contributed by atoms with Gasteiger partial charge in [0.05, 0.1) is 18.4 Å². The van der Waals surface area contributed by atoms with Gasteiger partial charge in [-0.3, -0.25) is 4.79 Å². The molecule has 1 saturated carbocycles. The molecule has 2 atom stereocenters. The van der Waals surface area contributed by atoms with Gasteiger partial charge in [0.15, 0.2) is 21.5 Å². The van der Waals surface area contributed by atoms with Crippen LogP contribution in [0, 0.1) is 17.0 Å². The molecule has 2 aromatic rings. The average Bonchev–Trinajstić information content (AvgIpc) is 3.39. The van der Waals surface area contributed by atoms with Crippen LogP contribution in [0.25, 0.3) is 0 Å². The van der Waals surface area contributed by atoms with Gasteiger partial charge >= 0.3 is 0 Å². The van der Waals surface area contributed by atoms with Crippen molar-refractivity contribution in [1.82, 2.24) is 15.3 Å². The number of halogens is 2. The standard InChI is InChI=1S/C22H24F2N4O3S/c1-14(6-9-32(2,30)31)27-21(29)17-11-26-19(12-25-17)28-13-22(7-8-22)10-18(28)15-4-3-5-16(23)20(15)24/h3-6,9,11-12,14,18H,7-8,10,13H2,1-2H3,(H,27,29)/b9-6+/t14-,18+/m1/s1. The molecule has 1 aromatic carbocycles. The first-order chi connectivity index (χ1) is 15.1. The van der Waals surface area contributed by atoms with Gasteiger partial charge in [-0.25, -0.2) is 27.2 Å². The Hall–Kier alpha value is -2.88. The van der Waals surface area contributed by atoms with Gasteiger partial charge in [-0.1, -0.05) is 18.2 Å². The van der Waals surface area contributed by atoms with E-state index in [0.717, 1.165) is 30.6 Å². The third kappa shape index (κ3) is 4.79. The largest absolute Gasteiger partial charge is 0.348 e. The summed E-state index contributed by atoms with van der Waals surface area (Å²) >= 11 is 0. The fourth-order valence-corrected chi connectivity index (χ4v) is 4.59. The van der Waals surface area contributed by atoms with Gasteiger partial charge in [0.25, 0.3) is 5.91 Å². The maximum Gasteiger partial charge on any atom is 0.271 e. The van der Waals surface area contributed by atoms with E-state index in [2.05, 4.69) is 15.3 Å². The van der Waals surface area contributed by atoms with E-state index in [-0.39, 0.29) is 17.2 Å². The van der Waals surface area contributed by atoms with E-state index >= 15 is 0 Å². The van der Waals surface area contributed by atoms with Crippen LogP contribution in [-0.2, 0) is 9.84 Å². The average molecular weight is 463 g/mol. The van der Waals surface area contributed by atoms with Crippen molar-refractivity contribution in [3.8, 4) is 0 Å². The summed E-state index contributed by atoms with van der Waals surface area (Å²) in [5, 5.41) is 3.66. The van der Waals surface area contributed by atoms with Crippen molar-refractivity contribution in [1.29, 1.82) is 0 Å². The summed E-state index contributed by atoms with van der Waals surface area (Å²) in [6.45, 7) is 2.31. The molecule has 10 heteroatoms. The number of carbonyl (C=O) groups is 1. The van der Waals surface area contributed by atoms with E-state index in [1.165, 1.54) is 24.5 Å². The number of anilines is 1. The Balaban J connectivity index is 1.52. The summed E-state index contributed by atoms with van der Waals surface area (Å²) in [6.07, 6.45) is 7.99. The van der Waals surface area contributed by atoms with Gasteiger partial charge in [0.2, 0.25) is 0 Å². The molecular formula is C22H24F2N4O3S. The molecule has 1 amide bonds. The summed E-state index contributed by atoms with van der Waals surface area (Å²) < 4.78 is 50.7. The first-order valence-corrected chi connectivity index (χ1v) is 12.2. The molecule has 170 valence electrons. The molecule has 2 heterocycles. The fourth-order valence-electron chi connectivity index (χ4n) is 4.07. The van der Waals surface area contributed by atoms with Crippen LogP contribution < -0.4 is 10.2 Å². The Morgan fingerprint density at radius 1 is 1.28 bits per heavy atom. The molecule has 1 spiro atoms. The van der Waals surface area contributed by atoms with Crippen molar-refractivity contribution in [3.63, 3.8) is 0 Å². The second-order valence-corrected chi connectivity index (χ2v) is 10.6. The normalized spacial score (nSPS) is 20.6. The lowest BCUT2D eigenvalue weighted by molar-refractivity contribution is 0.0941. The number of nitrogens with one attached hydrogen (secondary N) is 1. The van der Waals surface area contributed by atoms with Crippen molar-refractivity contribution in [2.75, 3.05) is 17.7 Å². The summed E-state index contributed by atoms with van der Waals surface area (Å²) in [7, 11) is -3.29. The molecule has 2 aliphatic rings. The lowest BCUT2D eigenvalue weighted by atomic mass is 9.97. The van der Waals surface area contributed by atoms with Crippen LogP contribution in [-0.4, -0.2) is 43.1 Å². The number of nitrogens with zero attached hydrogens (tertiary/aromatic N) is 3. The van der Waals surface area contributed by atoms with E-state index in [9.17, 15) is 22.0 Å². The zero-order valence-corrected chi connectivity index (χ0v) is 18.6. The van der Waals surface area contributed by atoms with Gasteiger partial charge < -0.3 is 10.2 Å². The minimum Gasteiger partial charge on any atom is -0.348 e. The van der Waals surface area contributed by atoms with Crippen molar-refractivity contribution < 1.29 is 22.0 Å². The molecule has 1 aliphatic carbocycles. The van der Waals surface area contributed by atoms with Crippen molar-refractivity contribution in [2.24, 2.45) is 5.41 Å². The molecule has 1 N–H and O–H groups in total. The van der Waals surface area contributed by atoms with Gasteiger partial charge in [-0.2, -0.15) is 0 Å². The van der Waals surface area contributed by atoms with Gasteiger partial charge in [-0.15, -0.1) is 0 Å². The molecule has 0 bridgehead atoms. The number of hydrogen-bond acceptors (Lipinski definition) is 6. The Bertz CT molecular complexity index is 1160. The SMILES string of the molecule is C[C@H](/C=C/S(C)(=O)=O)NC(=O)c1cnc(N2CC3(CC3)C[C@H]2c2cccc(F)c2F)cn1. The Morgan fingerprint density at radius 3 is 2.66 bits per heavy atom. The first-order valence-electron chi connectivity index (χ1n) is 10.3. The molecule has 1 aromatic heterocycles. The third-order valence-corrected chi connectivity index (χ3v) is 6.60. The van der Waals surface area contributed by atoms with Crippen LogP contribution >= 0.6 is 0 Å². The Labute approximate surface area is 185 Å². The predicted molar refractivity (Wildman–Crippen MR) is 116 cm³/mol. The third-order valence-electron chi connectivity index (χ3n) is 5.94. The number of carbonyl (C=O) groups excluding carboxylic acids is 1. The number of rotatable bonds is 6. The summed E-state index contributed by atoms with van der Waals surface area (Å²) in [6, 6.07) is 3.32. The molecule has 1 saturated heterocycles. The Morgan fingerprint density at radius 2 is 2.03 bits per heavy atom. The quantitative estimate of drug-likeness (QED) is 0.709. The van der Waals surface area contributed by atoms with Crippen LogP contribution in [0.1, 0.15) is 48.3 Å².